The Morgan fingerprint density at radius 2 is 1.93 bits per heavy atom. The van der Waals surface area contributed by atoms with Gasteiger partial charge in [-0.05, 0) is 26.8 Å². The molecule has 0 saturated carbocycles. The van der Waals surface area contributed by atoms with E-state index in [-0.39, 0.29) is 30.0 Å². The predicted octanol–water partition coefficient (Wildman–Crippen LogP) is 3.93. The lowest BCUT2D eigenvalue weighted by Crippen LogP contribution is -2.41. The van der Waals surface area contributed by atoms with Crippen LogP contribution in [0.15, 0.2) is 17.8 Å². The zero-order chi connectivity index (χ0) is 21.8. The maximum absolute atomic E-state index is 14.3. The number of halogens is 4. The van der Waals surface area contributed by atoms with E-state index >= 15 is 0 Å². The van der Waals surface area contributed by atoms with E-state index in [4.69, 9.17) is 14.8 Å². The van der Waals surface area contributed by atoms with Crippen LogP contribution in [-0.4, -0.2) is 42.0 Å². The fourth-order valence-corrected chi connectivity index (χ4v) is 2.61. The summed E-state index contributed by atoms with van der Waals surface area (Å²) in [6.45, 7) is 4.08. The normalized spacial score (nSPS) is 17.5. The number of hydrogen-bond acceptors (Lipinski definition) is 6. The third-order valence-corrected chi connectivity index (χ3v) is 3.72. The van der Waals surface area contributed by atoms with E-state index in [1.165, 1.54) is 5.06 Å². The number of rotatable bonds is 5. The largest absolute Gasteiger partial charge is 0.487 e. The summed E-state index contributed by atoms with van der Waals surface area (Å²) in [4.78, 5) is 16.9. The van der Waals surface area contributed by atoms with E-state index < -0.39 is 36.1 Å². The molecule has 2 rings (SSSR count). The molecule has 1 aliphatic rings. The number of alkyl halides is 3. The lowest BCUT2D eigenvalue weighted by molar-refractivity contribution is -0.217. The topological polar surface area (TPSA) is 71.8 Å². The average molecular weight is 416 g/mol. The maximum atomic E-state index is 14.3. The first kappa shape index (κ1) is 22.5. The lowest BCUT2D eigenvalue weighted by atomic mass is 10.1. The molecule has 0 bridgehead atoms. The Bertz CT molecular complexity index is 836. The highest BCUT2D eigenvalue weighted by Crippen LogP contribution is 2.32. The summed E-state index contributed by atoms with van der Waals surface area (Å²) in [7, 11) is 0. The minimum atomic E-state index is -4.62. The molecule has 1 fully saturated rings. The van der Waals surface area contributed by atoms with Crippen LogP contribution in [0.25, 0.3) is 0 Å². The number of carbonyl (C=O) groups excluding carboxylic acids is 1. The van der Waals surface area contributed by atoms with Gasteiger partial charge in [0.05, 0.1) is 11.2 Å². The molecule has 0 radical (unpaired) electrons. The summed E-state index contributed by atoms with van der Waals surface area (Å²) in [5, 5.41) is 10.4. The summed E-state index contributed by atoms with van der Waals surface area (Å²) in [5.41, 5.74) is -0.750. The summed E-state index contributed by atoms with van der Waals surface area (Å²) >= 11 is 0. The molecule has 1 heterocycles. The molecule has 158 valence electrons. The fourth-order valence-electron chi connectivity index (χ4n) is 2.61. The van der Waals surface area contributed by atoms with Crippen molar-refractivity contribution in [3.8, 4) is 17.6 Å². The zero-order valence-corrected chi connectivity index (χ0v) is 16.1. The Balaban J connectivity index is 2.15. The third kappa shape index (κ3) is 6.66. The third-order valence-electron chi connectivity index (χ3n) is 3.72. The van der Waals surface area contributed by atoms with Crippen LogP contribution >= 0.6 is 0 Å². The highest BCUT2D eigenvalue weighted by atomic mass is 19.4. The molecule has 1 aromatic rings. The molecule has 1 unspecified atom stereocenters. The second-order valence-corrected chi connectivity index (χ2v) is 7.38. The standard InChI is InChI=1S/C19H20F4N2O4/c1-18(2,3)29-25-5-4-14(7-13(25)10-26)28-17-8-16(27-11-19(21,22)23)12(9-24)6-15(17)20/h6,8,14H,4-5,7,11H2,1-3H3. The predicted molar refractivity (Wildman–Crippen MR) is 93.1 cm³/mol. The summed E-state index contributed by atoms with van der Waals surface area (Å²) in [5.74, 6) is 0.0324. The van der Waals surface area contributed by atoms with Gasteiger partial charge in [-0.2, -0.15) is 18.4 Å². The molecule has 1 aliphatic heterocycles. The molecule has 10 heteroatoms. The molecule has 1 atom stereocenters. The van der Waals surface area contributed by atoms with Gasteiger partial charge in [-0.1, -0.05) is 0 Å². The Kier molecular flexibility index (Phi) is 6.77. The molecule has 0 amide bonds. The maximum Gasteiger partial charge on any atom is 0.422 e. The van der Waals surface area contributed by atoms with Crippen molar-refractivity contribution in [2.45, 2.75) is 51.5 Å². The second kappa shape index (κ2) is 8.72. The number of ether oxygens (including phenoxy) is 2. The number of hydroxylamine groups is 2. The lowest BCUT2D eigenvalue weighted by Gasteiger charge is -2.36. The smallest absolute Gasteiger partial charge is 0.422 e. The van der Waals surface area contributed by atoms with Gasteiger partial charge >= 0.3 is 6.18 Å². The highest BCUT2D eigenvalue weighted by Gasteiger charge is 2.31. The Labute approximate surface area is 165 Å². The zero-order valence-electron chi connectivity index (χ0n) is 16.1. The van der Waals surface area contributed by atoms with Gasteiger partial charge in [0.25, 0.3) is 0 Å². The molecular weight excluding hydrogens is 396 g/mol. The van der Waals surface area contributed by atoms with Crippen LogP contribution in [0.4, 0.5) is 17.6 Å². The van der Waals surface area contributed by atoms with Crippen LogP contribution in [0.3, 0.4) is 0 Å². The van der Waals surface area contributed by atoms with Crippen molar-refractivity contribution in [1.29, 1.82) is 5.26 Å². The number of hydrogen-bond donors (Lipinski definition) is 0. The minimum absolute atomic E-state index is 0.0672. The van der Waals surface area contributed by atoms with Crippen molar-refractivity contribution in [2.75, 3.05) is 13.2 Å². The number of nitrogens with zero attached hydrogens (tertiary/aromatic N) is 2. The van der Waals surface area contributed by atoms with Crippen molar-refractivity contribution < 1.29 is 36.7 Å². The van der Waals surface area contributed by atoms with Gasteiger partial charge in [0.1, 0.15) is 29.6 Å². The van der Waals surface area contributed by atoms with Crippen LogP contribution in [0.1, 0.15) is 39.2 Å². The van der Waals surface area contributed by atoms with Gasteiger partial charge in [-0.15, -0.1) is 0 Å². The molecule has 1 saturated heterocycles. The van der Waals surface area contributed by atoms with E-state index in [0.717, 1.165) is 12.1 Å². The molecule has 0 N–H and O–H groups in total. The van der Waals surface area contributed by atoms with E-state index in [1.54, 1.807) is 12.0 Å². The van der Waals surface area contributed by atoms with Crippen LogP contribution in [0.5, 0.6) is 11.5 Å². The Morgan fingerprint density at radius 3 is 2.48 bits per heavy atom. The second-order valence-electron chi connectivity index (χ2n) is 7.38. The van der Waals surface area contributed by atoms with Crippen LogP contribution in [0, 0.1) is 17.1 Å². The highest BCUT2D eigenvalue weighted by molar-refractivity contribution is 5.52. The van der Waals surface area contributed by atoms with E-state index in [0.29, 0.717) is 6.42 Å². The first-order chi connectivity index (χ1) is 13.4. The van der Waals surface area contributed by atoms with Gasteiger partial charge < -0.3 is 9.47 Å². The monoisotopic (exact) mass is 416 g/mol. The van der Waals surface area contributed by atoms with Crippen molar-refractivity contribution in [2.24, 2.45) is 0 Å². The van der Waals surface area contributed by atoms with Gasteiger partial charge in [-0.25, -0.2) is 14.2 Å². The number of benzene rings is 1. The van der Waals surface area contributed by atoms with Crippen LogP contribution in [-0.2, 0) is 9.63 Å². The van der Waals surface area contributed by atoms with Gasteiger partial charge in [0.15, 0.2) is 18.2 Å². The fraction of sp³-hybridized carbons (Fsp3) is 0.526. The van der Waals surface area contributed by atoms with E-state index in [1.807, 2.05) is 20.8 Å². The van der Waals surface area contributed by atoms with E-state index in [9.17, 15) is 22.4 Å². The van der Waals surface area contributed by atoms with Crippen molar-refractivity contribution in [3.63, 3.8) is 0 Å². The molecular formula is C19H20F4N2O4. The van der Waals surface area contributed by atoms with Crippen LogP contribution < -0.4 is 9.47 Å². The average Bonchev–Trinajstić information content (AvgIpc) is 2.61. The minimum Gasteiger partial charge on any atom is -0.487 e. The van der Waals surface area contributed by atoms with E-state index in [2.05, 4.69) is 4.74 Å². The van der Waals surface area contributed by atoms with Crippen LogP contribution in [0.2, 0.25) is 0 Å². The summed E-state index contributed by atoms with van der Waals surface area (Å²) in [6.07, 6.45) is -4.83. The van der Waals surface area contributed by atoms with Crippen molar-refractivity contribution >= 4 is 5.94 Å². The van der Waals surface area contributed by atoms with Gasteiger partial charge in [0.2, 0.25) is 0 Å². The summed E-state index contributed by atoms with van der Waals surface area (Å²) < 4.78 is 61.6. The number of nitriles is 1. The molecule has 6 nitrogen and oxygen atoms in total. The molecule has 0 spiro atoms. The SMILES string of the molecule is CC(C)(C)ON1CCC(Oc2cc(OCC(F)(F)F)c(C#N)cc2F)CC1=C=O. The number of piperidine rings is 1. The summed E-state index contributed by atoms with van der Waals surface area (Å²) in [6, 6.07) is 3.23. The van der Waals surface area contributed by atoms with Crippen molar-refractivity contribution in [1.82, 2.24) is 5.06 Å². The molecule has 29 heavy (non-hydrogen) atoms. The Hall–Kier alpha value is -2.76. The first-order valence-corrected chi connectivity index (χ1v) is 8.72. The first-order valence-electron chi connectivity index (χ1n) is 8.72. The molecule has 0 aromatic heterocycles. The van der Waals surface area contributed by atoms with Crippen molar-refractivity contribution in [3.05, 3.63) is 29.2 Å². The molecule has 0 aliphatic carbocycles. The quantitative estimate of drug-likeness (QED) is 0.535. The van der Waals surface area contributed by atoms with Gasteiger partial charge in [0, 0.05) is 25.5 Å². The molecule has 1 aromatic carbocycles. The Morgan fingerprint density at radius 1 is 1.24 bits per heavy atom. The van der Waals surface area contributed by atoms with Gasteiger partial charge in [-0.3, -0.25) is 4.84 Å².